The summed E-state index contributed by atoms with van der Waals surface area (Å²) in [5, 5.41) is 12.3. The van der Waals surface area contributed by atoms with Gasteiger partial charge < -0.3 is 15.2 Å². The predicted molar refractivity (Wildman–Crippen MR) is 114 cm³/mol. The number of ether oxygens (including phenoxy) is 1. The first-order chi connectivity index (χ1) is 13.9. The number of hydrogen-bond acceptors (Lipinski definition) is 4. The Bertz CT molecular complexity index is 1030. The Morgan fingerprint density at radius 2 is 1.70 bits per heavy atom. The molecular formula is C23H26N2O5. The van der Waals surface area contributed by atoms with Crippen LogP contribution in [0.4, 0.5) is 11.4 Å². The molecule has 1 heterocycles. The minimum Gasteiger partial charge on any atom is -0.478 e. The molecule has 0 fully saturated rings. The van der Waals surface area contributed by atoms with Gasteiger partial charge in [0.15, 0.2) is 5.60 Å². The molecule has 0 spiro atoms. The minimum atomic E-state index is -1.19. The summed E-state index contributed by atoms with van der Waals surface area (Å²) in [4.78, 5) is 39.0. The molecule has 0 aliphatic carbocycles. The molecule has 0 bridgehead atoms. The maximum absolute atomic E-state index is 13.1. The van der Waals surface area contributed by atoms with Crippen molar-refractivity contribution < 1.29 is 24.2 Å². The lowest BCUT2D eigenvalue weighted by molar-refractivity contribution is -0.134. The molecule has 7 nitrogen and oxygen atoms in total. The number of fused-ring (bicyclic) bond motifs is 1. The molecule has 2 aromatic carbocycles. The van der Waals surface area contributed by atoms with E-state index in [0.29, 0.717) is 11.4 Å². The van der Waals surface area contributed by atoms with Crippen molar-refractivity contribution in [2.45, 2.75) is 53.2 Å². The standard InChI is InChI=1S/C23H26N2O5/c1-12-9-13(2)19(14(3)10-12)24-20(26)15(4)25-17-11-16(21(27)28)7-8-18(17)30-23(5,6)22(25)29/h7-11,15H,1-6H3,(H,24,26)(H,27,28). The summed E-state index contributed by atoms with van der Waals surface area (Å²) >= 11 is 0. The lowest BCUT2D eigenvalue weighted by atomic mass is 10.00. The van der Waals surface area contributed by atoms with Gasteiger partial charge in [0.05, 0.1) is 11.3 Å². The molecule has 2 aromatic rings. The highest BCUT2D eigenvalue weighted by Gasteiger charge is 2.44. The first-order valence-corrected chi connectivity index (χ1v) is 9.71. The monoisotopic (exact) mass is 410 g/mol. The highest BCUT2D eigenvalue weighted by molar-refractivity contribution is 6.10. The Labute approximate surface area is 175 Å². The van der Waals surface area contributed by atoms with Gasteiger partial charge in [-0.05, 0) is 70.9 Å². The van der Waals surface area contributed by atoms with Gasteiger partial charge >= 0.3 is 5.97 Å². The van der Waals surface area contributed by atoms with Crippen molar-refractivity contribution >= 4 is 29.2 Å². The van der Waals surface area contributed by atoms with Crippen LogP contribution >= 0.6 is 0 Å². The quantitative estimate of drug-likeness (QED) is 0.798. The molecular weight excluding hydrogens is 384 g/mol. The van der Waals surface area contributed by atoms with Crippen molar-refractivity contribution in [2.75, 3.05) is 10.2 Å². The van der Waals surface area contributed by atoms with E-state index in [2.05, 4.69) is 5.32 Å². The van der Waals surface area contributed by atoms with Crippen LogP contribution < -0.4 is 15.0 Å². The van der Waals surface area contributed by atoms with Gasteiger partial charge in [-0.2, -0.15) is 0 Å². The highest BCUT2D eigenvalue weighted by atomic mass is 16.5. The fourth-order valence-electron chi connectivity index (χ4n) is 3.75. The molecule has 2 amide bonds. The molecule has 0 aromatic heterocycles. The van der Waals surface area contributed by atoms with Crippen LogP contribution in [0.25, 0.3) is 0 Å². The third-order valence-electron chi connectivity index (χ3n) is 5.26. The van der Waals surface area contributed by atoms with Crippen LogP contribution in [0.2, 0.25) is 0 Å². The zero-order chi connectivity index (χ0) is 22.4. The number of benzene rings is 2. The zero-order valence-electron chi connectivity index (χ0n) is 18.0. The maximum atomic E-state index is 13.1. The average Bonchev–Trinajstić information content (AvgIpc) is 2.64. The molecule has 0 saturated carbocycles. The molecule has 0 radical (unpaired) electrons. The van der Waals surface area contributed by atoms with E-state index in [4.69, 9.17) is 4.74 Å². The van der Waals surface area contributed by atoms with Crippen molar-refractivity contribution in [1.29, 1.82) is 0 Å². The number of carboxylic acid groups (broad SMARTS) is 1. The fourth-order valence-corrected chi connectivity index (χ4v) is 3.75. The third kappa shape index (κ3) is 3.75. The minimum absolute atomic E-state index is 0.00712. The Kier molecular flexibility index (Phi) is 5.33. The van der Waals surface area contributed by atoms with E-state index < -0.39 is 23.5 Å². The van der Waals surface area contributed by atoms with Gasteiger partial charge in [0.2, 0.25) is 5.91 Å². The SMILES string of the molecule is Cc1cc(C)c(NC(=O)C(C)N2C(=O)C(C)(C)Oc3ccc(C(=O)O)cc32)c(C)c1. The van der Waals surface area contributed by atoms with Crippen LogP contribution in [-0.2, 0) is 9.59 Å². The van der Waals surface area contributed by atoms with E-state index in [1.54, 1.807) is 20.8 Å². The number of amides is 2. The molecule has 30 heavy (non-hydrogen) atoms. The Morgan fingerprint density at radius 1 is 1.10 bits per heavy atom. The largest absolute Gasteiger partial charge is 0.478 e. The fraction of sp³-hybridized carbons (Fsp3) is 0.348. The number of rotatable bonds is 4. The number of nitrogens with zero attached hydrogens (tertiary/aromatic N) is 1. The normalized spacial score (nSPS) is 15.8. The van der Waals surface area contributed by atoms with E-state index in [0.717, 1.165) is 16.7 Å². The summed E-state index contributed by atoms with van der Waals surface area (Å²) in [6.07, 6.45) is 0. The van der Waals surface area contributed by atoms with Crippen molar-refractivity contribution in [3.63, 3.8) is 0 Å². The van der Waals surface area contributed by atoms with Gasteiger partial charge in [0, 0.05) is 5.69 Å². The number of nitrogens with one attached hydrogen (secondary N) is 1. The molecule has 0 saturated heterocycles. The summed E-state index contributed by atoms with van der Waals surface area (Å²) in [6.45, 7) is 10.7. The van der Waals surface area contributed by atoms with Crippen LogP contribution in [0.1, 0.15) is 47.8 Å². The molecule has 3 rings (SSSR count). The zero-order valence-corrected chi connectivity index (χ0v) is 18.0. The van der Waals surface area contributed by atoms with Gasteiger partial charge in [0.1, 0.15) is 11.8 Å². The number of hydrogen-bond donors (Lipinski definition) is 2. The summed E-state index contributed by atoms with van der Waals surface area (Å²) in [5.74, 6) is -1.56. The number of carbonyl (C=O) groups excluding carboxylic acids is 2. The average molecular weight is 410 g/mol. The van der Waals surface area contributed by atoms with Crippen LogP contribution in [0, 0.1) is 20.8 Å². The lowest BCUT2D eigenvalue weighted by Crippen LogP contribution is -2.58. The number of anilines is 2. The van der Waals surface area contributed by atoms with E-state index in [-0.39, 0.29) is 17.2 Å². The van der Waals surface area contributed by atoms with Crippen LogP contribution in [0.5, 0.6) is 5.75 Å². The topological polar surface area (TPSA) is 95.9 Å². The van der Waals surface area contributed by atoms with Crippen molar-refractivity contribution in [3.05, 3.63) is 52.6 Å². The second kappa shape index (κ2) is 7.48. The molecule has 1 atom stereocenters. The molecule has 2 N–H and O–H groups in total. The van der Waals surface area contributed by atoms with Crippen LogP contribution in [-0.4, -0.2) is 34.5 Å². The number of aryl methyl sites for hydroxylation is 3. The summed E-state index contributed by atoms with van der Waals surface area (Å²) in [5.41, 5.74) is 2.73. The Hall–Kier alpha value is -3.35. The second-order valence-electron chi connectivity index (χ2n) is 8.21. The first kappa shape index (κ1) is 21.4. The highest BCUT2D eigenvalue weighted by Crippen LogP contribution is 2.40. The van der Waals surface area contributed by atoms with Crippen molar-refractivity contribution in [3.8, 4) is 5.75 Å². The van der Waals surface area contributed by atoms with Gasteiger partial charge in [-0.3, -0.25) is 14.5 Å². The van der Waals surface area contributed by atoms with Crippen LogP contribution in [0.15, 0.2) is 30.3 Å². The summed E-state index contributed by atoms with van der Waals surface area (Å²) in [6, 6.07) is 7.35. The van der Waals surface area contributed by atoms with E-state index in [1.165, 1.54) is 23.1 Å². The summed E-state index contributed by atoms with van der Waals surface area (Å²) < 4.78 is 5.78. The third-order valence-corrected chi connectivity index (χ3v) is 5.26. The maximum Gasteiger partial charge on any atom is 0.335 e. The van der Waals surface area contributed by atoms with Gasteiger partial charge in [-0.15, -0.1) is 0 Å². The van der Waals surface area contributed by atoms with Gasteiger partial charge in [0.25, 0.3) is 5.91 Å². The smallest absolute Gasteiger partial charge is 0.335 e. The first-order valence-electron chi connectivity index (χ1n) is 9.71. The molecule has 7 heteroatoms. The molecule has 1 aliphatic rings. The molecule has 1 unspecified atom stereocenters. The number of carboxylic acids is 1. The Morgan fingerprint density at radius 3 is 2.27 bits per heavy atom. The molecule has 158 valence electrons. The Balaban J connectivity index is 2.01. The van der Waals surface area contributed by atoms with E-state index in [9.17, 15) is 19.5 Å². The summed E-state index contributed by atoms with van der Waals surface area (Å²) in [7, 11) is 0. The predicted octanol–water partition coefficient (Wildman–Crippen LogP) is 3.84. The number of aromatic carboxylic acids is 1. The van der Waals surface area contributed by atoms with E-state index >= 15 is 0 Å². The van der Waals surface area contributed by atoms with Gasteiger partial charge in [-0.25, -0.2) is 4.79 Å². The second-order valence-corrected chi connectivity index (χ2v) is 8.21. The lowest BCUT2D eigenvalue weighted by Gasteiger charge is -2.41. The molecule has 1 aliphatic heterocycles. The van der Waals surface area contributed by atoms with E-state index in [1.807, 2.05) is 32.9 Å². The number of carbonyl (C=O) groups is 3. The van der Waals surface area contributed by atoms with Crippen molar-refractivity contribution in [2.24, 2.45) is 0 Å². The van der Waals surface area contributed by atoms with Crippen molar-refractivity contribution in [1.82, 2.24) is 0 Å². The van der Waals surface area contributed by atoms with Crippen LogP contribution in [0.3, 0.4) is 0 Å². The van der Waals surface area contributed by atoms with Gasteiger partial charge in [-0.1, -0.05) is 17.7 Å².